The van der Waals surface area contributed by atoms with Gasteiger partial charge in [0, 0.05) is 35.6 Å². The molecule has 2 aromatic rings. The van der Waals surface area contributed by atoms with E-state index in [2.05, 4.69) is 29.1 Å². The first-order chi connectivity index (χ1) is 15.0. The lowest BCUT2D eigenvalue weighted by Gasteiger charge is -2.31. The third-order valence-corrected chi connectivity index (χ3v) is 5.34. The third kappa shape index (κ3) is 4.35. The van der Waals surface area contributed by atoms with Crippen molar-refractivity contribution >= 4 is 17.5 Å². The lowest BCUT2D eigenvalue weighted by molar-refractivity contribution is 0.0585. The van der Waals surface area contributed by atoms with Crippen LogP contribution in [0.25, 0.3) is 6.08 Å². The molecule has 1 aliphatic heterocycles. The average Bonchev–Trinajstić information content (AvgIpc) is 2.91. The minimum atomic E-state index is -1.73. The molecule has 0 radical (unpaired) electrons. The van der Waals surface area contributed by atoms with Gasteiger partial charge in [-0.3, -0.25) is 0 Å². The fraction of sp³-hybridized carbons (Fsp3) is 0.240. The second-order valence-electron chi connectivity index (χ2n) is 7.17. The van der Waals surface area contributed by atoms with E-state index >= 15 is 0 Å². The van der Waals surface area contributed by atoms with Gasteiger partial charge in [0.2, 0.25) is 0 Å². The van der Waals surface area contributed by atoms with Gasteiger partial charge in [-0.25, -0.2) is 4.99 Å². The van der Waals surface area contributed by atoms with Crippen molar-refractivity contribution in [1.29, 1.82) is 10.5 Å². The van der Waals surface area contributed by atoms with E-state index in [1.165, 1.54) is 0 Å². The van der Waals surface area contributed by atoms with Crippen LogP contribution in [-0.4, -0.2) is 23.9 Å². The Hall–Kier alpha value is -3.87. The van der Waals surface area contributed by atoms with Crippen molar-refractivity contribution in [2.75, 3.05) is 18.0 Å². The smallest absolute Gasteiger partial charge is 0.191 e. The molecule has 0 aromatic heterocycles. The Morgan fingerprint density at radius 2 is 1.68 bits per heavy atom. The molecule has 1 unspecified atom stereocenters. The van der Waals surface area contributed by atoms with Crippen LogP contribution in [0.15, 0.2) is 76.6 Å². The number of hydrogen-bond donors (Lipinski definition) is 2. The number of nitriles is 2. The van der Waals surface area contributed by atoms with Gasteiger partial charge in [0.25, 0.3) is 0 Å². The molecule has 156 valence electrons. The summed E-state index contributed by atoms with van der Waals surface area (Å²) in [6.07, 6.45) is 1.83. The van der Waals surface area contributed by atoms with Crippen LogP contribution in [0.5, 0.6) is 0 Å². The van der Waals surface area contributed by atoms with E-state index in [0.717, 1.165) is 24.3 Å². The van der Waals surface area contributed by atoms with E-state index in [1.54, 1.807) is 19.1 Å². The third-order valence-electron chi connectivity index (χ3n) is 5.34. The van der Waals surface area contributed by atoms with Crippen LogP contribution in [0.2, 0.25) is 0 Å². The molecule has 0 amide bonds. The summed E-state index contributed by atoms with van der Waals surface area (Å²) >= 11 is 0. The number of aliphatic imine (C=N–C) groups is 1. The van der Waals surface area contributed by atoms with Crippen LogP contribution < -0.4 is 10.2 Å². The Morgan fingerprint density at radius 3 is 2.23 bits per heavy atom. The normalized spacial score (nSPS) is 19.7. The molecule has 0 fully saturated rings. The molecule has 0 bridgehead atoms. The number of rotatable bonds is 5. The number of anilines is 1. The number of aliphatic hydroxyl groups is 1. The van der Waals surface area contributed by atoms with Gasteiger partial charge >= 0.3 is 0 Å². The van der Waals surface area contributed by atoms with Crippen LogP contribution in [0.4, 0.5) is 5.69 Å². The van der Waals surface area contributed by atoms with Crippen LogP contribution in [0, 0.1) is 22.7 Å². The number of nitrogens with one attached hydrogen (secondary N) is 1. The molecule has 31 heavy (non-hydrogen) atoms. The van der Waals surface area contributed by atoms with Gasteiger partial charge in [-0.1, -0.05) is 42.5 Å². The predicted molar refractivity (Wildman–Crippen MR) is 123 cm³/mol. The molecular weight excluding hydrogens is 386 g/mol. The Labute approximate surface area is 183 Å². The summed E-state index contributed by atoms with van der Waals surface area (Å²) in [5.41, 5.74) is 1.59. The Kier molecular flexibility index (Phi) is 6.55. The van der Waals surface area contributed by atoms with Gasteiger partial charge in [-0.15, -0.1) is 0 Å². The molecule has 0 spiro atoms. The van der Waals surface area contributed by atoms with Crippen molar-refractivity contribution in [2.24, 2.45) is 4.99 Å². The highest BCUT2D eigenvalue weighted by molar-refractivity contribution is 6.05. The maximum Gasteiger partial charge on any atom is 0.191 e. The summed E-state index contributed by atoms with van der Waals surface area (Å²) < 4.78 is 0. The SMILES string of the molecule is CCN(CC)c1ccc(/C=C2\C(C)=NC(C#N)=C(C#N)NC2(O)c2ccccc2)cc1. The molecule has 0 saturated heterocycles. The van der Waals surface area contributed by atoms with Crippen LogP contribution in [0.3, 0.4) is 0 Å². The monoisotopic (exact) mass is 411 g/mol. The molecular formula is C25H25N5O. The van der Waals surface area contributed by atoms with Gasteiger partial charge < -0.3 is 15.3 Å². The van der Waals surface area contributed by atoms with Gasteiger partial charge in [0.15, 0.2) is 17.1 Å². The summed E-state index contributed by atoms with van der Waals surface area (Å²) in [5.74, 6) is 0. The molecule has 6 nitrogen and oxygen atoms in total. The van der Waals surface area contributed by atoms with Crippen LogP contribution in [-0.2, 0) is 5.72 Å². The van der Waals surface area contributed by atoms with Crippen molar-refractivity contribution in [2.45, 2.75) is 26.5 Å². The minimum absolute atomic E-state index is 0.0605. The van der Waals surface area contributed by atoms with E-state index < -0.39 is 5.72 Å². The van der Waals surface area contributed by atoms with Crippen LogP contribution in [0.1, 0.15) is 31.9 Å². The van der Waals surface area contributed by atoms with E-state index in [9.17, 15) is 15.6 Å². The first-order valence-corrected chi connectivity index (χ1v) is 10.2. The first-order valence-electron chi connectivity index (χ1n) is 10.2. The largest absolute Gasteiger partial charge is 0.372 e. The lowest BCUT2D eigenvalue weighted by Crippen LogP contribution is -2.44. The fourth-order valence-corrected chi connectivity index (χ4v) is 3.67. The maximum atomic E-state index is 11.8. The zero-order chi connectivity index (χ0) is 22.4. The molecule has 1 atom stereocenters. The van der Waals surface area contributed by atoms with Crippen molar-refractivity contribution < 1.29 is 5.11 Å². The van der Waals surface area contributed by atoms with Crippen molar-refractivity contribution in [3.05, 3.63) is 82.7 Å². The Bertz CT molecular complexity index is 1110. The molecule has 1 aliphatic rings. The summed E-state index contributed by atoms with van der Waals surface area (Å²) in [4.78, 5) is 6.58. The molecule has 0 aliphatic carbocycles. The summed E-state index contributed by atoms with van der Waals surface area (Å²) in [5, 5.41) is 33.7. The highest BCUT2D eigenvalue weighted by Crippen LogP contribution is 2.33. The molecule has 1 heterocycles. The zero-order valence-electron chi connectivity index (χ0n) is 17.9. The van der Waals surface area contributed by atoms with E-state index in [0.29, 0.717) is 16.8 Å². The highest BCUT2D eigenvalue weighted by Gasteiger charge is 2.38. The predicted octanol–water partition coefficient (Wildman–Crippen LogP) is 4.08. The number of nitrogens with zero attached hydrogens (tertiary/aromatic N) is 4. The number of allylic oxidation sites excluding steroid dienone is 2. The van der Waals surface area contributed by atoms with Gasteiger partial charge in [-0.05, 0) is 44.5 Å². The second kappa shape index (κ2) is 9.30. The second-order valence-corrected chi connectivity index (χ2v) is 7.17. The van der Waals surface area contributed by atoms with Gasteiger partial charge in [-0.2, -0.15) is 10.5 Å². The quantitative estimate of drug-likeness (QED) is 0.773. The summed E-state index contributed by atoms with van der Waals surface area (Å²) in [7, 11) is 0. The van der Waals surface area contributed by atoms with E-state index in [-0.39, 0.29) is 11.4 Å². The molecule has 3 rings (SSSR count). The maximum absolute atomic E-state index is 11.8. The minimum Gasteiger partial charge on any atom is -0.372 e. The number of hydrogen-bond acceptors (Lipinski definition) is 6. The average molecular weight is 412 g/mol. The molecule has 2 N–H and O–H groups in total. The Balaban J connectivity index is 2.16. The molecule has 2 aromatic carbocycles. The van der Waals surface area contributed by atoms with Crippen molar-refractivity contribution in [3.8, 4) is 12.1 Å². The zero-order valence-corrected chi connectivity index (χ0v) is 17.9. The van der Waals surface area contributed by atoms with E-state index in [4.69, 9.17) is 0 Å². The number of benzene rings is 2. The van der Waals surface area contributed by atoms with Crippen molar-refractivity contribution in [1.82, 2.24) is 5.32 Å². The Morgan fingerprint density at radius 1 is 1.03 bits per heavy atom. The van der Waals surface area contributed by atoms with Gasteiger partial charge in [0.1, 0.15) is 12.1 Å². The first kappa shape index (κ1) is 21.8. The van der Waals surface area contributed by atoms with Gasteiger partial charge in [0.05, 0.1) is 0 Å². The lowest BCUT2D eigenvalue weighted by atomic mass is 9.89. The summed E-state index contributed by atoms with van der Waals surface area (Å²) in [6.45, 7) is 7.79. The molecule has 6 heteroatoms. The highest BCUT2D eigenvalue weighted by atomic mass is 16.3. The topological polar surface area (TPSA) is 95.4 Å². The molecule has 0 saturated carbocycles. The van der Waals surface area contributed by atoms with E-state index in [1.807, 2.05) is 60.7 Å². The standard InChI is InChI=1S/C25H25N5O/c1-4-30(5-2)21-13-11-19(12-14-21)15-22-18(3)28-23(16-26)24(17-27)29-25(22,31)20-9-7-6-8-10-20/h6-15,29,31H,4-5H2,1-3H3/b22-15+. The van der Waals surface area contributed by atoms with Crippen LogP contribution >= 0.6 is 0 Å². The fourth-order valence-electron chi connectivity index (χ4n) is 3.67. The van der Waals surface area contributed by atoms with Crippen molar-refractivity contribution in [3.63, 3.8) is 0 Å². The summed E-state index contributed by atoms with van der Waals surface area (Å²) in [6, 6.07) is 20.9.